The van der Waals surface area contributed by atoms with Gasteiger partial charge in [0.15, 0.2) is 0 Å². The molecule has 2 fully saturated rings. The molecule has 0 spiro atoms. The molecule has 28 heavy (non-hydrogen) atoms. The van der Waals surface area contributed by atoms with Crippen LogP contribution < -0.4 is 0 Å². The SMILES string of the molecule is C[C@H]1OC(=O)[C@@H]2C=C3[C@@H](CCC(=O)C3(C)C)[C@H](C(=O)OCc3ccccc3)[C@H]12. The Balaban J connectivity index is 1.66. The molecule has 3 aliphatic rings. The van der Waals surface area contributed by atoms with Crippen LogP contribution in [0, 0.1) is 29.1 Å². The summed E-state index contributed by atoms with van der Waals surface area (Å²) in [6.45, 7) is 5.83. The molecule has 2 aliphatic carbocycles. The van der Waals surface area contributed by atoms with Crippen molar-refractivity contribution < 1.29 is 23.9 Å². The average molecular weight is 382 g/mol. The van der Waals surface area contributed by atoms with Gasteiger partial charge in [-0.25, -0.2) is 0 Å². The first kappa shape index (κ1) is 18.9. The van der Waals surface area contributed by atoms with E-state index in [0.29, 0.717) is 12.8 Å². The number of hydrogen-bond donors (Lipinski definition) is 0. The molecule has 0 bridgehead atoms. The van der Waals surface area contributed by atoms with Gasteiger partial charge in [-0.3, -0.25) is 14.4 Å². The number of ketones is 1. The van der Waals surface area contributed by atoms with Crippen LogP contribution in [0.1, 0.15) is 39.2 Å². The molecule has 5 nitrogen and oxygen atoms in total. The zero-order valence-corrected chi connectivity index (χ0v) is 16.5. The maximum absolute atomic E-state index is 13.2. The topological polar surface area (TPSA) is 69.7 Å². The molecule has 5 atom stereocenters. The van der Waals surface area contributed by atoms with E-state index in [-0.39, 0.29) is 42.3 Å². The highest BCUT2D eigenvalue weighted by Crippen LogP contribution is 2.54. The molecule has 1 saturated heterocycles. The number of esters is 2. The summed E-state index contributed by atoms with van der Waals surface area (Å²) in [5.74, 6) is -1.74. The molecule has 4 rings (SSSR count). The Hall–Kier alpha value is -2.43. The van der Waals surface area contributed by atoms with Gasteiger partial charge in [0.25, 0.3) is 0 Å². The first-order valence-electron chi connectivity index (χ1n) is 9.97. The molecule has 0 radical (unpaired) electrons. The predicted molar refractivity (Wildman–Crippen MR) is 102 cm³/mol. The van der Waals surface area contributed by atoms with Gasteiger partial charge in [0.2, 0.25) is 0 Å². The van der Waals surface area contributed by atoms with E-state index >= 15 is 0 Å². The van der Waals surface area contributed by atoms with E-state index in [9.17, 15) is 14.4 Å². The van der Waals surface area contributed by atoms with E-state index in [1.807, 2.05) is 57.2 Å². The quantitative estimate of drug-likeness (QED) is 0.591. The third-order valence-corrected chi connectivity index (χ3v) is 6.73. The molecule has 148 valence electrons. The fourth-order valence-corrected chi connectivity index (χ4v) is 5.18. The zero-order valence-electron chi connectivity index (χ0n) is 16.5. The Kier molecular flexibility index (Phi) is 4.64. The van der Waals surface area contributed by atoms with Crippen molar-refractivity contribution in [2.45, 2.75) is 46.3 Å². The molecule has 1 aromatic carbocycles. The normalized spacial score (nSPS) is 33.4. The van der Waals surface area contributed by atoms with Gasteiger partial charge in [-0.05, 0) is 38.7 Å². The van der Waals surface area contributed by atoms with Gasteiger partial charge in [-0.15, -0.1) is 0 Å². The van der Waals surface area contributed by atoms with Gasteiger partial charge in [-0.1, -0.05) is 42.0 Å². The van der Waals surface area contributed by atoms with E-state index in [4.69, 9.17) is 9.47 Å². The van der Waals surface area contributed by atoms with Crippen LogP contribution in [0.4, 0.5) is 0 Å². The summed E-state index contributed by atoms with van der Waals surface area (Å²) >= 11 is 0. The Morgan fingerprint density at radius 2 is 1.93 bits per heavy atom. The lowest BCUT2D eigenvalue weighted by Gasteiger charge is -2.46. The van der Waals surface area contributed by atoms with Gasteiger partial charge < -0.3 is 9.47 Å². The minimum Gasteiger partial charge on any atom is -0.462 e. The minimum absolute atomic E-state index is 0.0887. The van der Waals surface area contributed by atoms with Crippen molar-refractivity contribution in [3.05, 3.63) is 47.5 Å². The van der Waals surface area contributed by atoms with Crippen molar-refractivity contribution >= 4 is 17.7 Å². The third-order valence-electron chi connectivity index (χ3n) is 6.73. The highest BCUT2D eigenvalue weighted by molar-refractivity contribution is 5.90. The molecular formula is C23H26O5. The average Bonchev–Trinajstić information content (AvgIpc) is 2.96. The van der Waals surface area contributed by atoms with Crippen LogP contribution in [0.5, 0.6) is 0 Å². The standard InChI is InChI=1S/C23H26O5/c1-13-19-16(21(25)28-13)11-17-15(9-10-18(24)23(17,2)3)20(19)22(26)27-12-14-7-5-4-6-8-14/h4-8,11,13,15-16,19-20H,9-10,12H2,1-3H3/t13-,15-,16-,19-,20+/m1/s1. The fourth-order valence-electron chi connectivity index (χ4n) is 5.18. The lowest BCUT2D eigenvalue weighted by Crippen LogP contribution is -2.48. The van der Waals surface area contributed by atoms with Crippen LogP contribution in [0.15, 0.2) is 42.0 Å². The first-order chi connectivity index (χ1) is 13.3. The second-order valence-electron chi connectivity index (χ2n) is 8.68. The number of cyclic esters (lactones) is 1. The van der Waals surface area contributed by atoms with E-state index in [0.717, 1.165) is 11.1 Å². The number of hydrogen-bond acceptors (Lipinski definition) is 5. The van der Waals surface area contributed by atoms with Gasteiger partial charge in [0.05, 0.1) is 11.8 Å². The summed E-state index contributed by atoms with van der Waals surface area (Å²) in [5, 5.41) is 0. The first-order valence-corrected chi connectivity index (χ1v) is 9.97. The van der Waals surface area contributed by atoms with Crippen LogP contribution in [-0.4, -0.2) is 23.8 Å². The number of rotatable bonds is 3. The highest BCUT2D eigenvalue weighted by atomic mass is 16.6. The number of ether oxygens (including phenoxy) is 2. The Morgan fingerprint density at radius 1 is 1.21 bits per heavy atom. The van der Waals surface area contributed by atoms with E-state index in [1.165, 1.54) is 0 Å². The second kappa shape index (κ2) is 6.87. The fraction of sp³-hybridized carbons (Fsp3) is 0.522. The molecule has 0 unspecified atom stereocenters. The van der Waals surface area contributed by atoms with Crippen molar-refractivity contribution in [2.24, 2.45) is 29.1 Å². The van der Waals surface area contributed by atoms with Crippen LogP contribution in [0.3, 0.4) is 0 Å². The van der Waals surface area contributed by atoms with Crippen molar-refractivity contribution in [1.29, 1.82) is 0 Å². The maximum Gasteiger partial charge on any atom is 0.313 e. The van der Waals surface area contributed by atoms with Crippen molar-refractivity contribution in [2.75, 3.05) is 0 Å². The van der Waals surface area contributed by atoms with Crippen molar-refractivity contribution in [1.82, 2.24) is 0 Å². The predicted octanol–water partition coefficient (Wildman–Crippen LogP) is 3.47. The van der Waals surface area contributed by atoms with E-state index in [2.05, 4.69) is 0 Å². The molecule has 0 amide bonds. The summed E-state index contributed by atoms with van der Waals surface area (Å²) < 4.78 is 11.2. The van der Waals surface area contributed by atoms with Crippen LogP contribution >= 0.6 is 0 Å². The van der Waals surface area contributed by atoms with Gasteiger partial charge in [-0.2, -0.15) is 0 Å². The molecule has 1 aliphatic heterocycles. The number of fused-ring (bicyclic) bond motifs is 2. The summed E-state index contributed by atoms with van der Waals surface area (Å²) in [6.07, 6.45) is 2.63. The van der Waals surface area contributed by atoms with Crippen LogP contribution in [0.25, 0.3) is 0 Å². The summed E-state index contributed by atoms with van der Waals surface area (Å²) in [7, 11) is 0. The number of allylic oxidation sites excluding steroid dienone is 1. The van der Waals surface area contributed by atoms with E-state index in [1.54, 1.807) is 0 Å². The third kappa shape index (κ3) is 2.97. The smallest absolute Gasteiger partial charge is 0.313 e. The molecular weight excluding hydrogens is 356 g/mol. The van der Waals surface area contributed by atoms with Gasteiger partial charge >= 0.3 is 11.9 Å². The Labute approximate surface area is 165 Å². The lowest BCUT2D eigenvalue weighted by atomic mass is 9.56. The number of Topliss-reactive ketones (excluding diaryl/α,β-unsaturated/α-hetero) is 1. The summed E-state index contributed by atoms with van der Waals surface area (Å²) in [6, 6.07) is 9.55. The molecule has 1 heterocycles. The van der Waals surface area contributed by atoms with Crippen molar-refractivity contribution in [3.8, 4) is 0 Å². The lowest BCUT2D eigenvalue weighted by molar-refractivity contribution is -0.157. The van der Waals surface area contributed by atoms with E-state index < -0.39 is 17.3 Å². The molecule has 0 N–H and O–H groups in total. The van der Waals surface area contributed by atoms with Crippen LogP contribution in [-0.2, 0) is 30.5 Å². The molecule has 5 heteroatoms. The largest absolute Gasteiger partial charge is 0.462 e. The van der Waals surface area contributed by atoms with Gasteiger partial charge in [0.1, 0.15) is 18.5 Å². The Morgan fingerprint density at radius 3 is 2.64 bits per heavy atom. The van der Waals surface area contributed by atoms with Gasteiger partial charge in [0, 0.05) is 17.8 Å². The Bertz CT molecular complexity index is 838. The molecule has 1 saturated carbocycles. The monoisotopic (exact) mass is 382 g/mol. The number of carbonyl (C=O) groups excluding carboxylic acids is 3. The summed E-state index contributed by atoms with van der Waals surface area (Å²) in [5.41, 5.74) is 1.15. The number of carbonyl (C=O) groups is 3. The maximum atomic E-state index is 13.2. The highest BCUT2D eigenvalue weighted by Gasteiger charge is 2.58. The minimum atomic E-state index is -0.669. The second-order valence-corrected chi connectivity index (χ2v) is 8.68. The van der Waals surface area contributed by atoms with Crippen LogP contribution in [0.2, 0.25) is 0 Å². The zero-order chi connectivity index (χ0) is 20.1. The molecule has 1 aromatic rings. The molecule has 0 aromatic heterocycles. The van der Waals surface area contributed by atoms with Crippen molar-refractivity contribution in [3.63, 3.8) is 0 Å². The summed E-state index contributed by atoms with van der Waals surface area (Å²) in [4.78, 5) is 38.2. The number of benzene rings is 1.